The third-order valence-corrected chi connectivity index (χ3v) is 4.27. The van der Waals surface area contributed by atoms with Gasteiger partial charge >= 0.3 is 0 Å². The van der Waals surface area contributed by atoms with Gasteiger partial charge in [-0.3, -0.25) is 9.59 Å². The molecule has 1 atom stereocenters. The highest BCUT2D eigenvalue weighted by molar-refractivity contribution is 5.94. The summed E-state index contributed by atoms with van der Waals surface area (Å²) in [7, 11) is 0. The molecule has 1 aromatic heterocycles. The van der Waals surface area contributed by atoms with Crippen LogP contribution in [-0.2, 0) is 5.41 Å². The molecular weight excluding hydrogens is 328 g/mol. The van der Waals surface area contributed by atoms with Gasteiger partial charge in [0.2, 0.25) is 0 Å². The van der Waals surface area contributed by atoms with Gasteiger partial charge in [-0.05, 0) is 45.2 Å². The first-order valence-corrected chi connectivity index (χ1v) is 8.39. The highest BCUT2D eigenvalue weighted by atomic mass is 35.5. The van der Waals surface area contributed by atoms with E-state index in [1.807, 2.05) is 20.8 Å². The molecule has 2 heterocycles. The number of aromatic nitrogens is 2. The van der Waals surface area contributed by atoms with E-state index in [0.717, 1.165) is 19.5 Å². The number of carbonyl (C=O) groups is 1. The van der Waals surface area contributed by atoms with E-state index in [0.29, 0.717) is 24.0 Å². The summed E-state index contributed by atoms with van der Waals surface area (Å²) in [5, 5.41) is 6.22. The maximum absolute atomic E-state index is 12.3. The summed E-state index contributed by atoms with van der Waals surface area (Å²) in [4.78, 5) is 31.7. The summed E-state index contributed by atoms with van der Waals surface area (Å²) in [5.74, 6) is 0.870. The van der Waals surface area contributed by atoms with Crippen molar-refractivity contribution in [3.8, 4) is 0 Å². The van der Waals surface area contributed by atoms with Gasteiger partial charge in [-0.2, -0.15) is 0 Å². The Morgan fingerprint density at radius 2 is 2.08 bits per heavy atom. The zero-order valence-electron chi connectivity index (χ0n) is 15.0. The average Bonchev–Trinajstić information content (AvgIpc) is 2.46. The van der Waals surface area contributed by atoms with Crippen LogP contribution in [0.5, 0.6) is 0 Å². The molecule has 136 valence electrons. The van der Waals surface area contributed by atoms with Crippen molar-refractivity contribution in [1.29, 1.82) is 0 Å². The number of hydrogen-bond acceptors (Lipinski definition) is 4. The van der Waals surface area contributed by atoms with E-state index in [1.54, 1.807) is 6.92 Å². The predicted octanol–water partition coefficient (Wildman–Crippen LogP) is 1.92. The number of amides is 1. The number of carbonyl (C=O) groups excluding carboxylic acids is 1. The van der Waals surface area contributed by atoms with Crippen LogP contribution in [0.25, 0.3) is 0 Å². The molecule has 1 unspecified atom stereocenters. The van der Waals surface area contributed by atoms with Gasteiger partial charge in [0.15, 0.2) is 0 Å². The summed E-state index contributed by atoms with van der Waals surface area (Å²) in [5.41, 5.74) is -0.0121. The largest absolute Gasteiger partial charge is 0.352 e. The first-order valence-electron chi connectivity index (χ1n) is 8.39. The molecule has 0 radical (unpaired) electrons. The van der Waals surface area contributed by atoms with Crippen molar-refractivity contribution >= 4 is 18.3 Å². The number of aromatic amines is 1. The number of H-pyrrole nitrogens is 1. The highest BCUT2D eigenvalue weighted by Crippen LogP contribution is 2.17. The number of nitrogens with zero attached hydrogens (tertiary/aromatic N) is 1. The first kappa shape index (κ1) is 20.6. The van der Waals surface area contributed by atoms with E-state index in [2.05, 4.69) is 20.6 Å². The Hall–Kier alpha value is -1.40. The topological polar surface area (TPSA) is 86.9 Å². The number of aryl methyl sites for hydroxylation is 1. The lowest BCUT2D eigenvalue weighted by Gasteiger charge is -2.22. The zero-order chi connectivity index (χ0) is 17.0. The van der Waals surface area contributed by atoms with Crippen LogP contribution in [-0.4, -0.2) is 35.5 Å². The minimum Gasteiger partial charge on any atom is -0.352 e. The Labute approximate surface area is 149 Å². The van der Waals surface area contributed by atoms with E-state index in [-0.39, 0.29) is 34.9 Å². The van der Waals surface area contributed by atoms with E-state index >= 15 is 0 Å². The molecule has 6 nitrogen and oxygen atoms in total. The van der Waals surface area contributed by atoms with Gasteiger partial charge in [0.25, 0.3) is 11.5 Å². The van der Waals surface area contributed by atoms with Gasteiger partial charge < -0.3 is 15.6 Å². The Morgan fingerprint density at radius 1 is 1.38 bits per heavy atom. The fourth-order valence-corrected chi connectivity index (χ4v) is 2.86. The predicted molar refractivity (Wildman–Crippen MR) is 98.1 cm³/mol. The van der Waals surface area contributed by atoms with Gasteiger partial charge in [-0.25, -0.2) is 4.98 Å². The number of piperidine rings is 1. The zero-order valence-corrected chi connectivity index (χ0v) is 15.8. The molecule has 1 aliphatic heterocycles. The quantitative estimate of drug-likeness (QED) is 0.769. The molecule has 0 bridgehead atoms. The standard InChI is InChI=1S/C17H28N4O2.ClH/c1-11-13(15(23)21-16(20-11)17(2,3)4)14(22)19-9-7-12-6-5-8-18-10-12;/h12,18H,5-10H2,1-4H3,(H,19,22)(H,20,21,23);1H. The molecule has 1 amide bonds. The van der Waals surface area contributed by atoms with Gasteiger partial charge in [-0.1, -0.05) is 20.8 Å². The highest BCUT2D eigenvalue weighted by Gasteiger charge is 2.22. The van der Waals surface area contributed by atoms with Gasteiger partial charge in [0.1, 0.15) is 11.4 Å². The van der Waals surface area contributed by atoms with E-state index in [4.69, 9.17) is 0 Å². The van der Waals surface area contributed by atoms with Crippen molar-refractivity contribution in [2.45, 2.75) is 52.4 Å². The minimum absolute atomic E-state index is 0. The van der Waals surface area contributed by atoms with E-state index in [9.17, 15) is 9.59 Å². The van der Waals surface area contributed by atoms with Gasteiger partial charge in [0.05, 0.1) is 5.69 Å². The summed E-state index contributed by atoms with van der Waals surface area (Å²) in [6.45, 7) is 10.3. The van der Waals surface area contributed by atoms with Crippen molar-refractivity contribution in [2.24, 2.45) is 5.92 Å². The normalized spacial score (nSPS) is 17.9. The molecule has 2 rings (SSSR count). The van der Waals surface area contributed by atoms with Crippen LogP contribution in [0.15, 0.2) is 4.79 Å². The smallest absolute Gasteiger partial charge is 0.264 e. The van der Waals surface area contributed by atoms with Crippen LogP contribution in [0.3, 0.4) is 0 Å². The van der Waals surface area contributed by atoms with Crippen LogP contribution in [0, 0.1) is 12.8 Å². The van der Waals surface area contributed by atoms with Crippen LogP contribution in [0.1, 0.15) is 61.9 Å². The molecule has 24 heavy (non-hydrogen) atoms. The fraction of sp³-hybridized carbons (Fsp3) is 0.706. The number of halogens is 1. The molecule has 1 fully saturated rings. The maximum atomic E-state index is 12.3. The third kappa shape index (κ3) is 5.31. The maximum Gasteiger partial charge on any atom is 0.264 e. The molecule has 1 saturated heterocycles. The van der Waals surface area contributed by atoms with Gasteiger partial charge in [-0.15, -0.1) is 12.4 Å². The van der Waals surface area contributed by atoms with Crippen LogP contribution in [0.2, 0.25) is 0 Å². The van der Waals surface area contributed by atoms with Crippen LogP contribution in [0.4, 0.5) is 0 Å². The Bertz CT molecular complexity index is 616. The summed E-state index contributed by atoms with van der Waals surface area (Å²) < 4.78 is 0. The van der Waals surface area contributed by atoms with E-state index < -0.39 is 0 Å². The fourth-order valence-electron chi connectivity index (χ4n) is 2.86. The van der Waals surface area contributed by atoms with Crippen LogP contribution < -0.4 is 16.2 Å². The minimum atomic E-state index is -0.362. The average molecular weight is 357 g/mol. The lowest BCUT2D eigenvalue weighted by molar-refractivity contribution is 0.0947. The molecule has 7 heteroatoms. The number of nitrogens with one attached hydrogen (secondary N) is 3. The molecule has 0 saturated carbocycles. The number of rotatable bonds is 4. The third-order valence-electron chi connectivity index (χ3n) is 4.27. The molecule has 1 aromatic rings. The molecule has 0 aliphatic carbocycles. The second-order valence-corrected chi connectivity index (χ2v) is 7.38. The van der Waals surface area contributed by atoms with Gasteiger partial charge in [0, 0.05) is 12.0 Å². The molecular formula is C17H29ClN4O2. The monoisotopic (exact) mass is 356 g/mol. The summed E-state index contributed by atoms with van der Waals surface area (Å²) >= 11 is 0. The Balaban J connectivity index is 0.00000288. The SMILES string of the molecule is Cc1nc(C(C)(C)C)[nH]c(=O)c1C(=O)NCCC1CCCNC1.Cl. The lowest BCUT2D eigenvalue weighted by atomic mass is 9.95. The molecule has 0 spiro atoms. The van der Waals surface area contributed by atoms with Crippen LogP contribution >= 0.6 is 12.4 Å². The lowest BCUT2D eigenvalue weighted by Crippen LogP contribution is -2.36. The molecule has 0 aromatic carbocycles. The van der Waals surface area contributed by atoms with Crippen molar-refractivity contribution < 1.29 is 4.79 Å². The second kappa shape index (κ2) is 8.62. The molecule has 3 N–H and O–H groups in total. The van der Waals surface area contributed by atoms with Crippen molar-refractivity contribution in [2.75, 3.05) is 19.6 Å². The van der Waals surface area contributed by atoms with E-state index in [1.165, 1.54) is 12.8 Å². The van der Waals surface area contributed by atoms with Crippen molar-refractivity contribution in [3.63, 3.8) is 0 Å². The second-order valence-electron chi connectivity index (χ2n) is 7.38. The number of hydrogen-bond donors (Lipinski definition) is 3. The van der Waals surface area contributed by atoms with Crippen molar-refractivity contribution in [1.82, 2.24) is 20.6 Å². The Kier molecular flexibility index (Phi) is 7.42. The van der Waals surface area contributed by atoms with Crippen molar-refractivity contribution in [3.05, 3.63) is 27.4 Å². The summed E-state index contributed by atoms with van der Waals surface area (Å²) in [6, 6.07) is 0. The summed E-state index contributed by atoms with van der Waals surface area (Å²) in [6.07, 6.45) is 3.32. The Morgan fingerprint density at radius 3 is 2.62 bits per heavy atom. The first-order chi connectivity index (χ1) is 10.8. The molecule has 1 aliphatic rings.